The van der Waals surface area contributed by atoms with E-state index in [0.29, 0.717) is 16.3 Å². The number of aromatic nitrogens is 2. The van der Waals surface area contributed by atoms with Gasteiger partial charge in [-0.05, 0) is 44.0 Å². The van der Waals surface area contributed by atoms with Gasteiger partial charge in [0.15, 0.2) is 5.75 Å². The summed E-state index contributed by atoms with van der Waals surface area (Å²) in [4.78, 5) is 4.87. The second-order valence-electron chi connectivity index (χ2n) is 6.99. The molecule has 3 aromatic rings. The number of anilines is 1. The van der Waals surface area contributed by atoms with Gasteiger partial charge in [-0.25, -0.2) is 4.98 Å². The zero-order chi connectivity index (χ0) is 20.1. The molecule has 1 aromatic heterocycles. The molecule has 0 fully saturated rings. The number of imidazole rings is 1. The largest absolute Gasteiger partial charge is 0.489 e. The fraction of sp³-hybridized carbons (Fsp3) is 0.286. The summed E-state index contributed by atoms with van der Waals surface area (Å²) in [5.74, 6) is 0.761. The summed E-state index contributed by atoms with van der Waals surface area (Å²) in [6.45, 7) is 5.80. The first kappa shape index (κ1) is 18.4. The number of para-hydroxylation sites is 1. The van der Waals surface area contributed by atoms with Crippen LogP contribution >= 0.6 is 0 Å². The number of alkyl halides is 3. The van der Waals surface area contributed by atoms with Gasteiger partial charge in [0, 0.05) is 12.4 Å². The van der Waals surface area contributed by atoms with Gasteiger partial charge < -0.3 is 4.74 Å². The molecule has 0 bridgehead atoms. The van der Waals surface area contributed by atoms with E-state index < -0.39 is 6.30 Å². The summed E-state index contributed by atoms with van der Waals surface area (Å²) in [5.41, 5.74) is 4.82. The molecule has 0 radical (unpaired) electrons. The maximum absolute atomic E-state index is 13.4. The molecule has 2 aromatic carbocycles. The van der Waals surface area contributed by atoms with E-state index in [1.165, 1.54) is 6.07 Å². The van der Waals surface area contributed by atoms with Crippen molar-refractivity contribution >= 4 is 5.69 Å². The SMILES string of the molecule is Cc1cc(C)c(-n2ccnc2-c2cccc3c2OCCN3C(F)(F)F)c(C)c1. The maximum Gasteiger partial charge on any atom is 0.485 e. The second kappa shape index (κ2) is 6.58. The van der Waals surface area contributed by atoms with Crippen LogP contribution in [0.2, 0.25) is 0 Å². The number of rotatable bonds is 2. The number of aryl methyl sites for hydroxylation is 3. The summed E-state index contributed by atoms with van der Waals surface area (Å²) in [6.07, 6.45) is -0.988. The topological polar surface area (TPSA) is 30.3 Å². The van der Waals surface area contributed by atoms with Gasteiger partial charge in [0.25, 0.3) is 0 Å². The van der Waals surface area contributed by atoms with Gasteiger partial charge in [0.1, 0.15) is 12.4 Å². The van der Waals surface area contributed by atoms with Crippen LogP contribution in [0.4, 0.5) is 18.9 Å². The lowest BCUT2D eigenvalue weighted by Crippen LogP contribution is -2.43. The summed E-state index contributed by atoms with van der Waals surface area (Å²) < 4.78 is 47.9. The average molecular weight is 387 g/mol. The molecular weight excluding hydrogens is 367 g/mol. The lowest BCUT2D eigenvalue weighted by atomic mass is 10.0. The molecule has 0 saturated carbocycles. The highest BCUT2D eigenvalue weighted by atomic mass is 19.4. The molecule has 0 saturated heterocycles. The van der Waals surface area contributed by atoms with Crippen molar-refractivity contribution in [2.45, 2.75) is 27.1 Å². The van der Waals surface area contributed by atoms with Gasteiger partial charge in [-0.2, -0.15) is 13.2 Å². The van der Waals surface area contributed by atoms with Crippen molar-refractivity contribution in [3.63, 3.8) is 0 Å². The van der Waals surface area contributed by atoms with E-state index in [2.05, 4.69) is 17.1 Å². The highest BCUT2D eigenvalue weighted by Crippen LogP contribution is 2.44. The Morgan fingerprint density at radius 1 is 1.07 bits per heavy atom. The molecule has 0 N–H and O–H groups in total. The summed E-state index contributed by atoms with van der Waals surface area (Å²) >= 11 is 0. The normalized spacial score (nSPS) is 14.0. The fourth-order valence-electron chi connectivity index (χ4n) is 3.92. The summed E-state index contributed by atoms with van der Waals surface area (Å²) in [5, 5.41) is 0. The van der Waals surface area contributed by atoms with Crippen molar-refractivity contribution in [2.24, 2.45) is 0 Å². The first-order valence-electron chi connectivity index (χ1n) is 8.99. The van der Waals surface area contributed by atoms with Crippen molar-refractivity contribution < 1.29 is 17.9 Å². The van der Waals surface area contributed by atoms with E-state index in [0.717, 1.165) is 22.4 Å². The van der Waals surface area contributed by atoms with Gasteiger partial charge in [0.05, 0.1) is 23.5 Å². The highest BCUT2D eigenvalue weighted by molar-refractivity contribution is 5.77. The number of ether oxygens (including phenoxy) is 1. The predicted octanol–water partition coefficient (Wildman–Crippen LogP) is 5.18. The molecule has 28 heavy (non-hydrogen) atoms. The minimum absolute atomic E-state index is 0.0168. The summed E-state index contributed by atoms with van der Waals surface area (Å²) in [7, 11) is 0. The Bertz CT molecular complexity index is 1020. The Labute approximate surface area is 161 Å². The monoisotopic (exact) mass is 387 g/mol. The van der Waals surface area contributed by atoms with Crippen molar-refractivity contribution in [3.05, 3.63) is 59.4 Å². The van der Waals surface area contributed by atoms with Crippen LogP contribution in [0, 0.1) is 20.8 Å². The number of hydrogen-bond donors (Lipinski definition) is 0. The van der Waals surface area contributed by atoms with Gasteiger partial charge in [-0.15, -0.1) is 0 Å². The average Bonchev–Trinajstić information content (AvgIpc) is 3.08. The third kappa shape index (κ3) is 3.00. The first-order chi connectivity index (χ1) is 13.3. The Morgan fingerprint density at radius 3 is 2.46 bits per heavy atom. The zero-order valence-electron chi connectivity index (χ0n) is 15.8. The first-order valence-corrected chi connectivity index (χ1v) is 8.99. The molecule has 4 rings (SSSR count). The Morgan fingerprint density at radius 2 is 1.79 bits per heavy atom. The molecule has 2 heterocycles. The van der Waals surface area contributed by atoms with Crippen molar-refractivity contribution in [3.8, 4) is 22.8 Å². The van der Waals surface area contributed by atoms with Gasteiger partial charge in [0.2, 0.25) is 0 Å². The van der Waals surface area contributed by atoms with Gasteiger partial charge >= 0.3 is 6.30 Å². The Hall–Kier alpha value is -2.96. The molecule has 0 amide bonds. The van der Waals surface area contributed by atoms with E-state index >= 15 is 0 Å². The molecule has 146 valence electrons. The van der Waals surface area contributed by atoms with Crippen LogP contribution in [0.15, 0.2) is 42.7 Å². The number of nitrogens with zero attached hydrogens (tertiary/aromatic N) is 3. The lowest BCUT2D eigenvalue weighted by Gasteiger charge is -2.33. The van der Waals surface area contributed by atoms with Crippen LogP contribution in [0.5, 0.6) is 5.75 Å². The molecule has 0 spiro atoms. The second-order valence-corrected chi connectivity index (χ2v) is 6.99. The van der Waals surface area contributed by atoms with Crippen LogP contribution in [0.3, 0.4) is 0 Å². The van der Waals surface area contributed by atoms with E-state index in [1.807, 2.05) is 31.5 Å². The van der Waals surface area contributed by atoms with Crippen molar-refractivity contribution in [1.82, 2.24) is 9.55 Å². The van der Waals surface area contributed by atoms with Crippen LogP contribution < -0.4 is 9.64 Å². The Balaban J connectivity index is 1.90. The number of benzene rings is 2. The van der Waals surface area contributed by atoms with E-state index in [-0.39, 0.29) is 24.6 Å². The minimum Gasteiger partial charge on any atom is -0.489 e. The van der Waals surface area contributed by atoms with E-state index in [9.17, 15) is 13.2 Å². The number of halogens is 3. The van der Waals surface area contributed by atoms with Crippen LogP contribution in [0.1, 0.15) is 16.7 Å². The number of hydrogen-bond acceptors (Lipinski definition) is 3. The predicted molar refractivity (Wildman–Crippen MR) is 102 cm³/mol. The molecule has 7 heteroatoms. The molecule has 0 aliphatic carbocycles. The molecule has 4 nitrogen and oxygen atoms in total. The van der Waals surface area contributed by atoms with Crippen LogP contribution in [0.25, 0.3) is 17.1 Å². The highest BCUT2D eigenvalue weighted by Gasteiger charge is 2.41. The zero-order valence-corrected chi connectivity index (χ0v) is 15.8. The van der Waals surface area contributed by atoms with Gasteiger partial charge in [-0.1, -0.05) is 23.8 Å². The van der Waals surface area contributed by atoms with Crippen molar-refractivity contribution in [1.29, 1.82) is 0 Å². The minimum atomic E-state index is -4.46. The third-order valence-corrected chi connectivity index (χ3v) is 4.91. The molecule has 1 aliphatic heterocycles. The van der Waals surface area contributed by atoms with E-state index in [1.54, 1.807) is 18.3 Å². The lowest BCUT2D eigenvalue weighted by molar-refractivity contribution is -0.131. The maximum atomic E-state index is 13.4. The molecule has 0 atom stereocenters. The molecule has 1 aliphatic rings. The van der Waals surface area contributed by atoms with Crippen LogP contribution in [-0.2, 0) is 0 Å². The standard InChI is InChI=1S/C21H20F3N3O/c1-13-11-14(2)18(15(3)12-13)26-8-7-25-20(26)16-5-4-6-17-19(16)28-10-9-27(17)21(22,23)24/h4-8,11-12H,9-10H2,1-3H3. The van der Waals surface area contributed by atoms with Crippen molar-refractivity contribution in [2.75, 3.05) is 18.1 Å². The Kier molecular flexibility index (Phi) is 4.33. The summed E-state index contributed by atoms with van der Waals surface area (Å²) in [6, 6.07) is 8.94. The number of fused-ring (bicyclic) bond motifs is 1. The van der Waals surface area contributed by atoms with E-state index in [4.69, 9.17) is 4.74 Å². The third-order valence-electron chi connectivity index (χ3n) is 4.91. The molecule has 0 unspecified atom stereocenters. The smallest absolute Gasteiger partial charge is 0.485 e. The van der Waals surface area contributed by atoms with Crippen LogP contribution in [-0.4, -0.2) is 29.0 Å². The molecular formula is C21H20F3N3O. The fourth-order valence-corrected chi connectivity index (χ4v) is 3.92. The quantitative estimate of drug-likeness (QED) is 0.568. The van der Waals surface area contributed by atoms with Gasteiger partial charge in [-0.3, -0.25) is 9.47 Å².